The first-order valence-corrected chi connectivity index (χ1v) is 6.16. The Bertz CT molecular complexity index is 501. The van der Waals surface area contributed by atoms with E-state index < -0.39 is 6.10 Å². The van der Waals surface area contributed by atoms with Gasteiger partial charge in [-0.2, -0.15) is 0 Å². The molecule has 1 aromatic heterocycles. The van der Waals surface area contributed by atoms with Crippen molar-refractivity contribution in [1.29, 1.82) is 0 Å². The molecule has 2 N–H and O–H groups in total. The van der Waals surface area contributed by atoms with Gasteiger partial charge in [-0.25, -0.2) is 0 Å². The Morgan fingerprint density at radius 1 is 1.50 bits per heavy atom. The van der Waals surface area contributed by atoms with E-state index in [4.69, 9.17) is 0 Å². The normalized spacial score (nSPS) is 15.9. The third kappa shape index (κ3) is 2.79. The van der Waals surface area contributed by atoms with E-state index in [-0.39, 0.29) is 11.5 Å². The van der Waals surface area contributed by atoms with E-state index in [1.165, 1.54) is 6.07 Å². The number of nitrogens with zero attached hydrogens (tertiary/aromatic N) is 1. The van der Waals surface area contributed by atoms with Crippen molar-refractivity contribution in [2.24, 2.45) is 5.92 Å². The maximum absolute atomic E-state index is 12.0. The lowest BCUT2D eigenvalue weighted by Crippen LogP contribution is -2.53. The number of amides is 1. The number of pyridine rings is 1. The van der Waals surface area contributed by atoms with Crippen molar-refractivity contribution in [2.75, 3.05) is 13.1 Å². The van der Waals surface area contributed by atoms with Crippen LogP contribution in [0.3, 0.4) is 0 Å². The van der Waals surface area contributed by atoms with Crippen LogP contribution in [0.25, 0.3) is 0 Å². The maximum Gasteiger partial charge on any atom is 0.254 e. The third-order valence-electron chi connectivity index (χ3n) is 2.92. The lowest BCUT2D eigenvalue weighted by Gasteiger charge is -2.35. The zero-order chi connectivity index (χ0) is 13.3. The zero-order valence-corrected chi connectivity index (χ0v) is 10.6. The molecule has 1 amide bonds. The molecule has 2 heterocycles. The van der Waals surface area contributed by atoms with Crippen molar-refractivity contribution in [3.63, 3.8) is 0 Å². The fourth-order valence-corrected chi connectivity index (χ4v) is 2.08. The Morgan fingerprint density at radius 2 is 2.17 bits per heavy atom. The van der Waals surface area contributed by atoms with Crippen LogP contribution in [0.15, 0.2) is 16.9 Å². The summed E-state index contributed by atoms with van der Waals surface area (Å²) in [5, 5.41) is 9.18. The highest BCUT2D eigenvalue weighted by atomic mass is 16.3. The molecule has 0 aliphatic carbocycles. The molecular formula is C13H18N2O3. The minimum Gasteiger partial charge on any atom is -0.389 e. The van der Waals surface area contributed by atoms with Gasteiger partial charge in [0.2, 0.25) is 5.56 Å². The van der Waals surface area contributed by atoms with Crippen LogP contribution in [-0.4, -0.2) is 40.1 Å². The van der Waals surface area contributed by atoms with Crippen LogP contribution in [0.5, 0.6) is 0 Å². The highest BCUT2D eigenvalue weighted by Gasteiger charge is 2.29. The lowest BCUT2D eigenvalue weighted by atomic mass is 10.0. The molecule has 1 aliphatic rings. The Morgan fingerprint density at radius 3 is 2.72 bits per heavy atom. The van der Waals surface area contributed by atoms with E-state index in [2.05, 4.69) is 18.8 Å². The summed E-state index contributed by atoms with van der Waals surface area (Å²) in [6.45, 7) is 4.81. The number of nitrogens with one attached hydrogen (secondary N) is 1. The van der Waals surface area contributed by atoms with Crippen molar-refractivity contribution in [3.8, 4) is 0 Å². The van der Waals surface area contributed by atoms with Crippen LogP contribution in [0.1, 0.15) is 29.9 Å². The van der Waals surface area contributed by atoms with Crippen LogP contribution in [0.2, 0.25) is 0 Å². The van der Waals surface area contributed by atoms with Gasteiger partial charge in [0.25, 0.3) is 5.91 Å². The highest BCUT2D eigenvalue weighted by Crippen LogP contribution is 2.13. The standard InChI is InChI=1S/C13H18N2O3/c1-8(2)3-10-4-9(5-12(17)14-10)13(18)15-6-11(16)7-15/h4-5,8,11,16H,3,6-7H2,1-2H3,(H,14,17). The van der Waals surface area contributed by atoms with Crippen LogP contribution in [-0.2, 0) is 6.42 Å². The first-order chi connectivity index (χ1) is 8.45. The number of H-pyrrole nitrogens is 1. The monoisotopic (exact) mass is 250 g/mol. The number of β-amino-alcohol motifs (C(OH)–C–C–N with tert-alkyl or cyclic N) is 1. The quantitative estimate of drug-likeness (QED) is 0.815. The average molecular weight is 250 g/mol. The van der Waals surface area contributed by atoms with E-state index in [1.54, 1.807) is 11.0 Å². The number of aliphatic hydroxyl groups is 1. The molecule has 1 aliphatic heterocycles. The van der Waals surface area contributed by atoms with E-state index in [0.29, 0.717) is 24.6 Å². The summed E-state index contributed by atoms with van der Waals surface area (Å²) in [4.78, 5) is 27.8. The first-order valence-electron chi connectivity index (χ1n) is 6.16. The molecule has 0 bridgehead atoms. The summed E-state index contributed by atoms with van der Waals surface area (Å²) in [5.74, 6) is 0.230. The molecule has 0 radical (unpaired) electrons. The molecule has 0 saturated carbocycles. The highest BCUT2D eigenvalue weighted by molar-refractivity contribution is 5.94. The Hall–Kier alpha value is -1.62. The molecule has 5 heteroatoms. The zero-order valence-electron chi connectivity index (χ0n) is 10.6. The van der Waals surface area contributed by atoms with Crippen LogP contribution in [0.4, 0.5) is 0 Å². The molecule has 1 fully saturated rings. The second-order valence-corrected chi connectivity index (χ2v) is 5.22. The smallest absolute Gasteiger partial charge is 0.254 e. The number of likely N-dealkylation sites (tertiary alicyclic amines) is 1. The molecule has 1 saturated heterocycles. The van der Waals surface area contributed by atoms with Gasteiger partial charge in [-0.3, -0.25) is 9.59 Å². The van der Waals surface area contributed by atoms with Crippen LogP contribution >= 0.6 is 0 Å². The van der Waals surface area contributed by atoms with Gasteiger partial charge in [-0.05, 0) is 18.4 Å². The van der Waals surface area contributed by atoms with Gasteiger partial charge in [0.15, 0.2) is 0 Å². The molecule has 0 spiro atoms. The number of aromatic amines is 1. The van der Waals surface area contributed by atoms with E-state index in [9.17, 15) is 14.7 Å². The Kier molecular flexibility index (Phi) is 3.52. The van der Waals surface area contributed by atoms with Crippen LogP contribution in [0, 0.1) is 5.92 Å². The van der Waals surface area contributed by atoms with Gasteiger partial charge in [0, 0.05) is 30.4 Å². The molecular weight excluding hydrogens is 232 g/mol. The SMILES string of the molecule is CC(C)Cc1cc(C(=O)N2CC(O)C2)cc(=O)[nH]1. The van der Waals surface area contributed by atoms with Crippen molar-refractivity contribution in [1.82, 2.24) is 9.88 Å². The fourth-order valence-electron chi connectivity index (χ4n) is 2.08. The Balaban J connectivity index is 2.19. The van der Waals surface area contributed by atoms with Crippen molar-refractivity contribution < 1.29 is 9.90 Å². The maximum atomic E-state index is 12.0. The van der Waals surface area contributed by atoms with Crippen molar-refractivity contribution in [2.45, 2.75) is 26.4 Å². The number of aromatic nitrogens is 1. The number of aliphatic hydroxyl groups excluding tert-OH is 1. The molecule has 0 aromatic carbocycles. The van der Waals surface area contributed by atoms with E-state index in [1.807, 2.05) is 0 Å². The number of rotatable bonds is 3. The van der Waals surface area contributed by atoms with E-state index >= 15 is 0 Å². The molecule has 0 unspecified atom stereocenters. The topological polar surface area (TPSA) is 73.4 Å². The van der Waals surface area contributed by atoms with Gasteiger partial charge < -0.3 is 15.0 Å². The third-order valence-corrected chi connectivity index (χ3v) is 2.92. The molecule has 18 heavy (non-hydrogen) atoms. The van der Waals surface area contributed by atoms with Gasteiger partial charge in [-0.15, -0.1) is 0 Å². The van der Waals surface area contributed by atoms with Gasteiger partial charge in [0.05, 0.1) is 6.10 Å². The molecule has 1 aromatic rings. The predicted octanol–water partition coefficient (Wildman–Crippen LogP) is 0.390. The minimum absolute atomic E-state index is 0.184. The summed E-state index contributed by atoms with van der Waals surface area (Å²) < 4.78 is 0. The van der Waals surface area contributed by atoms with E-state index in [0.717, 1.165) is 12.1 Å². The van der Waals surface area contributed by atoms with Crippen molar-refractivity contribution >= 4 is 5.91 Å². The summed E-state index contributed by atoms with van der Waals surface area (Å²) in [5.41, 5.74) is 0.931. The predicted molar refractivity (Wildman–Crippen MR) is 67.5 cm³/mol. The molecule has 5 nitrogen and oxygen atoms in total. The molecule has 0 atom stereocenters. The summed E-state index contributed by atoms with van der Waals surface area (Å²) in [6, 6.07) is 3.05. The number of carbonyl (C=O) groups excluding carboxylic acids is 1. The summed E-state index contributed by atoms with van der Waals surface area (Å²) in [6.07, 6.45) is 0.310. The van der Waals surface area contributed by atoms with Gasteiger partial charge in [-0.1, -0.05) is 13.8 Å². The summed E-state index contributed by atoms with van der Waals surface area (Å²) >= 11 is 0. The number of hydrogen-bond donors (Lipinski definition) is 2. The molecule has 2 rings (SSSR count). The minimum atomic E-state index is -0.425. The fraction of sp³-hybridized carbons (Fsp3) is 0.538. The van der Waals surface area contributed by atoms with Gasteiger partial charge in [0.1, 0.15) is 0 Å². The largest absolute Gasteiger partial charge is 0.389 e. The Labute approximate surface area is 105 Å². The second-order valence-electron chi connectivity index (χ2n) is 5.22. The number of carbonyl (C=O) groups is 1. The van der Waals surface area contributed by atoms with Crippen LogP contribution < -0.4 is 5.56 Å². The molecule has 98 valence electrons. The first kappa shape index (κ1) is 12.8. The summed E-state index contributed by atoms with van der Waals surface area (Å²) in [7, 11) is 0. The average Bonchev–Trinajstić information content (AvgIpc) is 2.22. The van der Waals surface area contributed by atoms with Gasteiger partial charge >= 0.3 is 0 Å². The second kappa shape index (κ2) is 4.94. The number of hydrogen-bond acceptors (Lipinski definition) is 3. The lowest BCUT2D eigenvalue weighted by molar-refractivity contribution is 0.00587. The van der Waals surface area contributed by atoms with Crippen molar-refractivity contribution in [3.05, 3.63) is 33.7 Å².